The third kappa shape index (κ3) is 3.43. The highest BCUT2D eigenvalue weighted by Crippen LogP contribution is 2.41. The van der Waals surface area contributed by atoms with E-state index in [1.807, 2.05) is 12.1 Å². The number of furan rings is 1. The maximum absolute atomic E-state index is 6.12. The maximum atomic E-state index is 6.12. The molecule has 7 aromatic rings. The minimum atomic E-state index is 0.900. The van der Waals surface area contributed by atoms with Crippen LogP contribution in [0, 0.1) is 0 Å². The molecule has 170 valence electrons. The molecule has 1 heterocycles. The highest BCUT2D eigenvalue weighted by atomic mass is 16.3. The van der Waals surface area contributed by atoms with Crippen LogP contribution >= 0.6 is 0 Å². The number of benzene rings is 6. The zero-order valence-electron chi connectivity index (χ0n) is 19.6. The van der Waals surface area contributed by atoms with Crippen LogP contribution in [-0.4, -0.2) is 0 Å². The summed E-state index contributed by atoms with van der Waals surface area (Å²) in [7, 11) is 0. The number of para-hydroxylation sites is 1. The van der Waals surface area contributed by atoms with Gasteiger partial charge in [-0.25, -0.2) is 0 Å². The SMILES string of the molecule is c1ccc(-c2ccc(N(c3ccc4oc5ccccc5c4c3)c3cccc4ccccc34)cc2)cc1. The van der Waals surface area contributed by atoms with Crippen molar-refractivity contribution in [2.24, 2.45) is 0 Å². The molecule has 2 nitrogen and oxygen atoms in total. The zero-order valence-corrected chi connectivity index (χ0v) is 19.6. The standard InChI is InChI=1S/C34H23NO/c1-2-9-24(10-3-1)25-17-19-27(20-18-25)35(32-15-8-12-26-11-4-5-13-29(26)32)28-21-22-34-31(23-28)30-14-6-7-16-33(30)36-34/h1-23H. The van der Waals surface area contributed by atoms with Gasteiger partial charge in [0.15, 0.2) is 0 Å². The Bertz CT molecular complexity index is 1830. The van der Waals surface area contributed by atoms with E-state index in [0.717, 1.165) is 39.0 Å². The molecule has 0 N–H and O–H groups in total. The van der Waals surface area contributed by atoms with Gasteiger partial charge in [-0.1, -0.05) is 97.1 Å². The molecular weight excluding hydrogens is 438 g/mol. The van der Waals surface area contributed by atoms with E-state index in [9.17, 15) is 0 Å². The molecule has 0 aliphatic carbocycles. The topological polar surface area (TPSA) is 16.4 Å². The van der Waals surface area contributed by atoms with E-state index in [1.54, 1.807) is 0 Å². The van der Waals surface area contributed by atoms with Crippen molar-refractivity contribution in [1.29, 1.82) is 0 Å². The third-order valence-electron chi connectivity index (χ3n) is 6.86. The molecule has 0 unspecified atom stereocenters. The van der Waals surface area contributed by atoms with E-state index in [0.29, 0.717) is 0 Å². The van der Waals surface area contributed by atoms with Crippen LogP contribution in [0.3, 0.4) is 0 Å². The van der Waals surface area contributed by atoms with Crippen LogP contribution < -0.4 is 4.90 Å². The van der Waals surface area contributed by atoms with E-state index in [2.05, 4.69) is 132 Å². The second-order valence-electron chi connectivity index (χ2n) is 9.03. The predicted molar refractivity (Wildman–Crippen MR) is 151 cm³/mol. The van der Waals surface area contributed by atoms with Gasteiger partial charge in [0, 0.05) is 27.5 Å². The second kappa shape index (κ2) is 8.44. The molecule has 36 heavy (non-hydrogen) atoms. The predicted octanol–water partition coefficient (Wildman–Crippen LogP) is 9.88. The van der Waals surface area contributed by atoms with Gasteiger partial charge >= 0.3 is 0 Å². The lowest BCUT2D eigenvalue weighted by atomic mass is 10.0. The van der Waals surface area contributed by atoms with Crippen LogP contribution in [0.1, 0.15) is 0 Å². The summed E-state index contributed by atoms with van der Waals surface area (Å²) in [6.45, 7) is 0. The summed E-state index contributed by atoms with van der Waals surface area (Å²) in [5.41, 5.74) is 7.58. The maximum Gasteiger partial charge on any atom is 0.135 e. The molecule has 0 saturated heterocycles. The summed E-state index contributed by atoms with van der Waals surface area (Å²) in [5.74, 6) is 0. The van der Waals surface area contributed by atoms with Crippen molar-refractivity contribution in [3.05, 3.63) is 140 Å². The van der Waals surface area contributed by atoms with Crippen molar-refractivity contribution in [3.8, 4) is 11.1 Å². The Kier molecular flexibility index (Phi) is 4.82. The molecule has 2 heteroatoms. The van der Waals surface area contributed by atoms with E-state index < -0.39 is 0 Å². The van der Waals surface area contributed by atoms with Gasteiger partial charge in [0.05, 0.1) is 5.69 Å². The Hall–Kier alpha value is -4.82. The smallest absolute Gasteiger partial charge is 0.135 e. The first-order chi connectivity index (χ1) is 17.8. The second-order valence-corrected chi connectivity index (χ2v) is 9.03. The summed E-state index contributed by atoms with van der Waals surface area (Å²) in [6.07, 6.45) is 0. The Morgan fingerprint density at radius 3 is 1.92 bits per heavy atom. The fraction of sp³-hybridized carbons (Fsp3) is 0. The van der Waals surface area contributed by atoms with Crippen molar-refractivity contribution < 1.29 is 4.42 Å². The van der Waals surface area contributed by atoms with Crippen molar-refractivity contribution in [2.75, 3.05) is 4.90 Å². The summed E-state index contributed by atoms with van der Waals surface area (Å²) < 4.78 is 6.12. The monoisotopic (exact) mass is 461 g/mol. The Balaban J connectivity index is 1.44. The first-order valence-corrected chi connectivity index (χ1v) is 12.2. The first kappa shape index (κ1) is 20.5. The molecule has 0 radical (unpaired) electrons. The van der Waals surface area contributed by atoms with Crippen LogP contribution in [-0.2, 0) is 0 Å². The molecule has 0 fully saturated rings. The summed E-state index contributed by atoms with van der Waals surface area (Å²) in [6, 6.07) is 49.1. The van der Waals surface area contributed by atoms with Gasteiger partial charge in [-0.15, -0.1) is 0 Å². The van der Waals surface area contributed by atoms with Gasteiger partial charge in [-0.3, -0.25) is 0 Å². The normalized spacial score (nSPS) is 11.3. The molecule has 1 aromatic heterocycles. The van der Waals surface area contributed by atoms with Crippen LogP contribution in [0.5, 0.6) is 0 Å². The van der Waals surface area contributed by atoms with Crippen LogP contribution in [0.15, 0.2) is 144 Å². The number of hydrogen-bond acceptors (Lipinski definition) is 2. The molecule has 0 saturated carbocycles. The molecular formula is C34H23NO. The van der Waals surface area contributed by atoms with Crippen molar-refractivity contribution in [1.82, 2.24) is 0 Å². The average molecular weight is 462 g/mol. The van der Waals surface area contributed by atoms with Crippen molar-refractivity contribution in [2.45, 2.75) is 0 Å². The van der Waals surface area contributed by atoms with E-state index in [-0.39, 0.29) is 0 Å². The quantitative estimate of drug-likeness (QED) is 0.259. The molecule has 0 spiro atoms. The molecule has 0 atom stereocenters. The number of nitrogens with zero attached hydrogens (tertiary/aromatic N) is 1. The lowest BCUT2D eigenvalue weighted by Crippen LogP contribution is -2.10. The lowest BCUT2D eigenvalue weighted by molar-refractivity contribution is 0.669. The van der Waals surface area contributed by atoms with Gasteiger partial charge < -0.3 is 9.32 Å². The van der Waals surface area contributed by atoms with Gasteiger partial charge in [0.25, 0.3) is 0 Å². The number of rotatable bonds is 4. The Morgan fingerprint density at radius 1 is 0.417 bits per heavy atom. The summed E-state index contributed by atoms with van der Waals surface area (Å²) >= 11 is 0. The number of fused-ring (bicyclic) bond motifs is 4. The van der Waals surface area contributed by atoms with Gasteiger partial charge in [-0.2, -0.15) is 0 Å². The molecule has 0 aliphatic rings. The Labute approximate surface area is 209 Å². The number of anilines is 3. The van der Waals surface area contributed by atoms with Crippen molar-refractivity contribution >= 4 is 49.8 Å². The van der Waals surface area contributed by atoms with E-state index in [1.165, 1.54) is 21.9 Å². The fourth-order valence-corrected chi connectivity index (χ4v) is 5.12. The third-order valence-corrected chi connectivity index (χ3v) is 6.86. The van der Waals surface area contributed by atoms with Crippen LogP contribution in [0.4, 0.5) is 17.1 Å². The summed E-state index contributed by atoms with van der Waals surface area (Å²) in [5, 5.41) is 4.68. The molecule has 0 aliphatic heterocycles. The molecule has 0 bridgehead atoms. The van der Waals surface area contributed by atoms with E-state index in [4.69, 9.17) is 4.42 Å². The minimum Gasteiger partial charge on any atom is -0.456 e. The largest absolute Gasteiger partial charge is 0.456 e. The Morgan fingerprint density at radius 2 is 1.06 bits per heavy atom. The molecule has 0 amide bonds. The highest BCUT2D eigenvalue weighted by Gasteiger charge is 2.17. The van der Waals surface area contributed by atoms with Gasteiger partial charge in [0.1, 0.15) is 11.2 Å². The van der Waals surface area contributed by atoms with Crippen LogP contribution in [0.25, 0.3) is 43.8 Å². The van der Waals surface area contributed by atoms with Crippen molar-refractivity contribution in [3.63, 3.8) is 0 Å². The fourth-order valence-electron chi connectivity index (χ4n) is 5.12. The molecule has 7 rings (SSSR count). The van der Waals surface area contributed by atoms with Crippen LogP contribution in [0.2, 0.25) is 0 Å². The van der Waals surface area contributed by atoms with Gasteiger partial charge in [-0.05, 0) is 59.0 Å². The average Bonchev–Trinajstić information content (AvgIpc) is 3.32. The number of hydrogen-bond donors (Lipinski definition) is 0. The highest BCUT2D eigenvalue weighted by molar-refractivity contribution is 6.07. The zero-order chi connectivity index (χ0) is 23.9. The molecule has 6 aromatic carbocycles. The minimum absolute atomic E-state index is 0.900. The first-order valence-electron chi connectivity index (χ1n) is 12.2. The summed E-state index contributed by atoms with van der Waals surface area (Å²) in [4.78, 5) is 2.35. The lowest BCUT2D eigenvalue weighted by Gasteiger charge is -2.27. The van der Waals surface area contributed by atoms with Gasteiger partial charge in [0.2, 0.25) is 0 Å². The van der Waals surface area contributed by atoms with E-state index >= 15 is 0 Å².